The van der Waals surface area contributed by atoms with E-state index < -0.39 is 35.0 Å². The van der Waals surface area contributed by atoms with Gasteiger partial charge in [0.2, 0.25) is 5.91 Å². The highest BCUT2D eigenvalue weighted by atomic mass is 16.6. The van der Waals surface area contributed by atoms with Gasteiger partial charge in [0.1, 0.15) is 11.2 Å². The van der Waals surface area contributed by atoms with Crippen molar-refractivity contribution in [1.82, 2.24) is 15.1 Å². The van der Waals surface area contributed by atoms with Crippen molar-refractivity contribution in [3.63, 3.8) is 0 Å². The molecule has 0 radical (unpaired) electrons. The molecule has 14 nitrogen and oxygen atoms in total. The van der Waals surface area contributed by atoms with E-state index in [-0.39, 0.29) is 18.1 Å². The zero-order chi connectivity index (χ0) is 33.5. The van der Waals surface area contributed by atoms with Crippen LogP contribution in [0.15, 0.2) is 24.3 Å². The van der Waals surface area contributed by atoms with Gasteiger partial charge in [0.15, 0.2) is 0 Å². The number of carbonyl (C=O) groups excluding carboxylic acids is 5. The topological polar surface area (TPSA) is 195 Å². The molecule has 44 heavy (non-hydrogen) atoms. The molecular formula is C30H48N4O10. The molecule has 3 heterocycles. The van der Waals surface area contributed by atoms with Gasteiger partial charge < -0.3 is 40.2 Å². The molecule has 2 saturated heterocycles. The smallest absolute Gasteiger partial charge is 0.410 e. The molecule has 3 rings (SSSR count). The Morgan fingerprint density at radius 2 is 1.25 bits per heavy atom. The molecule has 0 aromatic heterocycles. The van der Waals surface area contributed by atoms with Crippen molar-refractivity contribution in [1.29, 1.82) is 0 Å². The van der Waals surface area contributed by atoms with Crippen LogP contribution < -0.4 is 11.1 Å². The Balaban J connectivity index is 0.000000375. The molecule has 2 fully saturated rings. The number of rotatable bonds is 5. The summed E-state index contributed by atoms with van der Waals surface area (Å²) in [5.41, 5.74) is 4.69. The first-order valence-electron chi connectivity index (χ1n) is 14.7. The molecule has 0 saturated carbocycles. The highest BCUT2D eigenvalue weighted by molar-refractivity contribution is 6.04. The number of cyclic esters (lactones) is 2. The maximum Gasteiger partial charge on any atom is 0.410 e. The first-order chi connectivity index (χ1) is 20.4. The molecule has 0 aliphatic carbocycles. The molecular weight excluding hydrogens is 576 g/mol. The first kappa shape index (κ1) is 38.1. The van der Waals surface area contributed by atoms with Crippen molar-refractivity contribution in [2.45, 2.75) is 78.4 Å². The van der Waals surface area contributed by atoms with E-state index in [2.05, 4.69) is 10.1 Å². The summed E-state index contributed by atoms with van der Waals surface area (Å²) < 4.78 is 14.6. The van der Waals surface area contributed by atoms with E-state index >= 15 is 0 Å². The number of likely N-dealkylation sites (tertiary alicyclic amines) is 2. The van der Waals surface area contributed by atoms with Crippen LogP contribution in [0.5, 0.6) is 0 Å². The van der Waals surface area contributed by atoms with E-state index in [0.29, 0.717) is 25.6 Å². The normalized spacial score (nSPS) is 17.6. The molecule has 248 valence electrons. The van der Waals surface area contributed by atoms with Crippen molar-refractivity contribution < 1.29 is 48.1 Å². The average Bonchev–Trinajstić information content (AvgIpc) is 3.32. The number of amides is 3. The lowest BCUT2D eigenvalue weighted by molar-refractivity contribution is -0.150. The van der Waals surface area contributed by atoms with E-state index in [1.54, 1.807) is 9.80 Å². The van der Waals surface area contributed by atoms with E-state index in [9.17, 15) is 28.8 Å². The SMILES string of the molecule is CC(C)(C)OC(=O)N1CCC(CN)CC1.CC(C)(C)OC(=O)N1CCC(CNC(=O)/C=C/C(=O)O)CC1.O=C1C=CC(=O)O1. The first-order valence-corrected chi connectivity index (χ1v) is 14.7. The standard InChI is InChI=1S/C15H24N2O5.C11H22N2O2.C4H2O3/c1-15(2,3)22-14(21)17-8-6-11(7-9-17)10-16-12(18)4-5-13(19)20;1-11(2,3)15-10(14)13-6-4-9(8-12)5-7-13;5-3-1-2-4(6)7-3/h4-5,11H,6-10H2,1-3H3,(H,16,18)(H,19,20);9H,4-8,12H2,1-3H3;1-2H/b5-4+;;. The largest absolute Gasteiger partial charge is 0.478 e. The number of carboxylic acids is 1. The fraction of sp³-hybridized carbons (Fsp3) is 0.667. The molecule has 0 atom stereocenters. The number of piperidine rings is 2. The fourth-order valence-corrected chi connectivity index (χ4v) is 4.08. The van der Waals surface area contributed by atoms with Crippen LogP contribution in [0, 0.1) is 11.8 Å². The number of ether oxygens (including phenoxy) is 3. The molecule has 3 aliphatic heterocycles. The third kappa shape index (κ3) is 17.2. The Bertz CT molecular complexity index is 1040. The van der Waals surface area contributed by atoms with E-state index in [1.165, 1.54) is 0 Å². The second kappa shape index (κ2) is 18.0. The van der Waals surface area contributed by atoms with Crippen LogP contribution in [-0.2, 0) is 33.4 Å². The number of nitrogens with two attached hydrogens (primary N) is 1. The van der Waals surface area contributed by atoms with Crippen LogP contribution in [0.4, 0.5) is 9.59 Å². The van der Waals surface area contributed by atoms with Crippen molar-refractivity contribution in [3.8, 4) is 0 Å². The van der Waals surface area contributed by atoms with Gasteiger partial charge in [0.05, 0.1) is 0 Å². The summed E-state index contributed by atoms with van der Waals surface area (Å²) in [7, 11) is 0. The lowest BCUT2D eigenvalue weighted by Gasteiger charge is -2.33. The molecule has 0 bridgehead atoms. The summed E-state index contributed by atoms with van der Waals surface area (Å²) in [5.74, 6) is -1.88. The third-order valence-corrected chi connectivity index (χ3v) is 6.36. The van der Waals surface area contributed by atoms with Gasteiger partial charge in [0.25, 0.3) is 0 Å². The summed E-state index contributed by atoms with van der Waals surface area (Å²) in [6.07, 6.45) is 7.02. The predicted octanol–water partition coefficient (Wildman–Crippen LogP) is 2.61. The highest BCUT2D eigenvalue weighted by Gasteiger charge is 2.27. The van der Waals surface area contributed by atoms with Gasteiger partial charge >= 0.3 is 30.1 Å². The zero-order valence-corrected chi connectivity index (χ0v) is 26.6. The Labute approximate surface area is 258 Å². The Kier molecular flexibility index (Phi) is 15.6. The van der Waals surface area contributed by atoms with Crippen LogP contribution in [0.2, 0.25) is 0 Å². The third-order valence-electron chi connectivity index (χ3n) is 6.36. The number of carbonyl (C=O) groups is 6. The zero-order valence-electron chi connectivity index (χ0n) is 26.6. The molecule has 14 heteroatoms. The molecule has 3 amide bonds. The lowest BCUT2D eigenvalue weighted by Crippen LogP contribution is -2.43. The van der Waals surface area contributed by atoms with Crippen molar-refractivity contribution in [3.05, 3.63) is 24.3 Å². The van der Waals surface area contributed by atoms with Gasteiger partial charge in [-0.3, -0.25) is 4.79 Å². The number of esters is 2. The summed E-state index contributed by atoms with van der Waals surface area (Å²) in [4.78, 5) is 68.5. The molecule has 3 aliphatic rings. The maximum atomic E-state index is 11.9. The van der Waals surface area contributed by atoms with E-state index in [0.717, 1.165) is 69.6 Å². The van der Waals surface area contributed by atoms with Crippen molar-refractivity contribution >= 4 is 36.0 Å². The molecule has 0 unspecified atom stereocenters. The number of nitrogens with zero attached hydrogens (tertiary/aromatic N) is 2. The number of hydrogen-bond donors (Lipinski definition) is 3. The van der Waals surface area contributed by atoms with Gasteiger partial charge in [-0.15, -0.1) is 0 Å². The van der Waals surface area contributed by atoms with Crippen molar-refractivity contribution in [2.24, 2.45) is 17.6 Å². The molecule has 0 spiro atoms. The van der Waals surface area contributed by atoms with E-state index in [1.807, 2.05) is 41.5 Å². The summed E-state index contributed by atoms with van der Waals surface area (Å²) in [6.45, 7) is 15.1. The number of nitrogens with one attached hydrogen (secondary N) is 1. The van der Waals surface area contributed by atoms with Gasteiger partial charge in [-0.2, -0.15) is 0 Å². The van der Waals surface area contributed by atoms with Crippen LogP contribution in [-0.4, -0.2) is 101 Å². The monoisotopic (exact) mass is 624 g/mol. The minimum absolute atomic E-state index is 0.196. The quantitative estimate of drug-likeness (QED) is 0.176. The van der Waals surface area contributed by atoms with Gasteiger partial charge in [-0.1, -0.05) is 0 Å². The van der Waals surface area contributed by atoms with Gasteiger partial charge in [-0.25, -0.2) is 24.0 Å². The van der Waals surface area contributed by atoms with Gasteiger partial charge in [0, 0.05) is 57.0 Å². The molecule has 0 aromatic carbocycles. The Morgan fingerprint density at radius 3 is 1.57 bits per heavy atom. The van der Waals surface area contributed by atoms with Crippen LogP contribution >= 0.6 is 0 Å². The minimum Gasteiger partial charge on any atom is -0.478 e. The van der Waals surface area contributed by atoms with Gasteiger partial charge in [-0.05, 0) is 85.6 Å². The Hall–Kier alpha value is -3.94. The molecule has 0 aromatic rings. The lowest BCUT2D eigenvalue weighted by atomic mass is 9.97. The molecule has 4 N–H and O–H groups in total. The second-order valence-corrected chi connectivity index (χ2v) is 12.5. The highest BCUT2D eigenvalue weighted by Crippen LogP contribution is 2.20. The average molecular weight is 625 g/mol. The Morgan fingerprint density at radius 1 is 0.841 bits per heavy atom. The fourth-order valence-electron chi connectivity index (χ4n) is 4.08. The number of hydrogen-bond acceptors (Lipinski definition) is 10. The summed E-state index contributed by atoms with van der Waals surface area (Å²) in [5, 5.41) is 11.1. The maximum absolute atomic E-state index is 11.9. The van der Waals surface area contributed by atoms with E-state index in [4.69, 9.17) is 20.3 Å². The summed E-state index contributed by atoms with van der Waals surface area (Å²) in [6, 6.07) is 0. The number of carboxylic acid groups (broad SMARTS) is 1. The minimum atomic E-state index is -1.15. The second-order valence-electron chi connectivity index (χ2n) is 12.5. The predicted molar refractivity (Wildman–Crippen MR) is 160 cm³/mol. The van der Waals surface area contributed by atoms with Crippen LogP contribution in [0.1, 0.15) is 67.2 Å². The van der Waals surface area contributed by atoms with Crippen LogP contribution in [0.25, 0.3) is 0 Å². The van der Waals surface area contributed by atoms with Crippen molar-refractivity contribution in [2.75, 3.05) is 39.3 Å². The number of aliphatic carboxylic acids is 1. The van der Waals surface area contributed by atoms with Crippen LogP contribution in [0.3, 0.4) is 0 Å². The summed E-state index contributed by atoms with van der Waals surface area (Å²) >= 11 is 0.